The maximum atomic E-state index is 11.8. The number of rotatable bonds is 5. The van der Waals surface area contributed by atoms with Gasteiger partial charge in [-0.25, -0.2) is 0 Å². The molecule has 0 unspecified atom stereocenters. The van der Waals surface area contributed by atoms with Gasteiger partial charge >= 0.3 is 0 Å². The van der Waals surface area contributed by atoms with Crippen molar-refractivity contribution in [2.24, 2.45) is 0 Å². The summed E-state index contributed by atoms with van der Waals surface area (Å²) >= 11 is 6.25. The molecule has 25 heavy (non-hydrogen) atoms. The monoisotopic (exact) mass is 362 g/mol. The Balaban J connectivity index is 1.67. The summed E-state index contributed by atoms with van der Waals surface area (Å²) in [6.45, 7) is 3.15. The number of halogens is 1. The van der Waals surface area contributed by atoms with Crippen LogP contribution in [0.4, 0.5) is 0 Å². The number of carbonyl (C=O) groups excluding carboxylic acids is 1. The first-order chi connectivity index (χ1) is 11.9. The molecule has 134 valence electrons. The minimum atomic E-state index is -0.870. The number of aliphatic hydroxyl groups is 1. The summed E-state index contributed by atoms with van der Waals surface area (Å²) in [7, 11) is 3.36. The van der Waals surface area contributed by atoms with Gasteiger partial charge in [0.2, 0.25) is 5.91 Å². The average molecular weight is 363 g/mol. The zero-order valence-corrected chi connectivity index (χ0v) is 15.3. The van der Waals surface area contributed by atoms with Crippen LogP contribution in [0.5, 0.6) is 0 Å². The van der Waals surface area contributed by atoms with Crippen LogP contribution in [0.15, 0.2) is 30.3 Å². The smallest absolute Gasteiger partial charge is 0.225 e. The molecule has 0 saturated heterocycles. The number of carbonyl (C=O) groups is 1. The zero-order valence-electron chi connectivity index (χ0n) is 14.5. The summed E-state index contributed by atoms with van der Waals surface area (Å²) in [5.41, 5.74) is 2.71. The van der Waals surface area contributed by atoms with Gasteiger partial charge in [-0.3, -0.25) is 14.4 Å². The Morgan fingerprint density at radius 2 is 2.12 bits per heavy atom. The molecule has 1 aliphatic heterocycles. The molecule has 0 spiro atoms. The second-order valence-corrected chi connectivity index (χ2v) is 7.00. The minimum Gasteiger partial charge on any atom is -0.386 e. The van der Waals surface area contributed by atoms with Crippen LogP contribution in [-0.4, -0.2) is 51.2 Å². The molecule has 0 radical (unpaired) electrons. The first kappa shape index (κ1) is 17.9. The Morgan fingerprint density at radius 1 is 1.36 bits per heavy atom. The largest absolute Gasteiger partial charge is 0.386 e. The van der Waals surface area contributed by atoms with E-state index in [1.165, 1.54) is 4.90 Å². The maximum absolute atomic E-state index is 11.8. The second kappa shape index (κ2) is 7.56. The van der Waals surface area contributed by atoms with Crippen molar-refractivity contribution in [1.29, 1.82) is 0 Å². The Hall–Kier alpha value is -1.89. The van der Waals surface area contributed by atoms with Gasteiger partial charge in [0, 0.05) is 38.8 Å². The highest BCUT2D eigenvalue weighted by Gasteiger charge is 2.23. The highest BCUT2D eigenvalue weighted by Crippen LogP contribution is 2.23. The summed E-state index contributed by atoms with van der Waals surface area (Å²) in [5.74, 6) is -0.112. The van der Waals surface area contributed by atoms with E-state index in [0.717, 1.165) is 42.5 Å². The van der Waals surface area contributed by atoms with E-state index in [1.807, 2.05) is 35.0 Å². The van der Waals surface area contributed by atoms with E-state index in [1.54, 1.807) is 14.1 Å². The Bertz CT molecular complexity index is 759. The predicted molar refractivity (Wildman–Crippen MR) is 96.1 cm³/mol. The third-order valence-electron chi connectivity index (χ3n) is 4.46. The molecule has 1 N–H and O–H groups in total. The Kier molecular flexibility index (Phi) is 5.42. The van der Waals surface area contributed by atoms with Gasteiger partial charge in [0.25, 0.3) is 0 Å². The molecular formula is C18H23ClN4O2. The molecule has 7 heteroatoms. The van der Waals surface area contributed by atoms with Crippen molar-refractivity contribution in [3.8, 4) is 0 Å². The average Bonchev–Trinajstić information content (AvgIpc) is 3.00. The molecule has 1 aromatic heterocycles. The molecule has 0 bridgehead atoms. The predicted octanol–water partition coefficient (Wildman–Crippen LogP) is 2.06. The quantitative estimate of drug-likeness (QED) is 0.884. The summed E-state index contributed by atoms with van der Waals surface area (Å²) in [6.07, 6.45) is -0.822. The lowest BCUT2D eigenvalue weighted by Crippen LogP contribution is -2.33. The molecule has 1 amide bonds. The van der Waals surface area contributed by atoms with Gasteiger partial charge < -0.3 is 10.0 Å². The third kappa shape index (κ3) is 4.21. The number of hydrogen-bond donors (Lipinski definition) is 1. The van der Waals surface area contributed by atoms with Gasteiger partial charge in [0.15, 0.2) is 0 Å². The van der Waals surface area contributed by atoms with Crippen LogP contribution in [0.3, 0.4) is 0 Å². The van der Waals surface area contributed by atoms with Crippen LogP contribution in [-0.2, 0) is 24.4 Å². The lowest BCUT2D eigenvalue weighted by molar-refractivity contribution is -0.130. The normalized spacial score (nSPS) is 15.7. The first-order valence-corrected chi connectivity index (χ1v) is 8.72. The van der Waals surface area contributed by atoms with Crippen LogP contribution >= 0.6 is 11.6 Å². The van der Waals surface area contributed by atoms with E-state index in [2.05, 4.69) is 10.00 Å². The molecule has 2 heterocycles. The van der Waals surface area contributed by atoms with Gasteiger partial charge in [0.1, 0.15) is 6.10 Å². The van der Waals surface area contributed by atoms with Gasteiger partial charge in [-0.1, -0.05) is 29.8 Å². The number of aromatic nitrogens is 2. The van der Waals surface area contributed by atoms with E-state index in [9.17, 15) is 9.90 Å². The van der Waals surface area contributed by atoms with Crippen molar-refractivity contribution in [2.75, 3.05) is 20.6 Å². The fourth-order valence-corrected chi connectivity index (χ4v) is 3.16. The van der Waals surface area contributed by atoms with Crippen LogP contribution in [0.25, 0.3) is 0 Å². The SMILES string of the molecule is CN(C)C(=O)C[C@@H](O)c1cc2n(n1)CCN(Cc1ccccc1Cl)C2. The van der Waals surface area contributed by atoms with Crippen LogP contribution in [0, 0.1) is 0 Å². The van der Waals surface area contributed by atoms with E-state index in [4.69, 9.17) is 11.6 Å². The van der Waals surface area contributed by atoms with Crippen molar-refractivity contribution in [1.82, 2.24) is 19.6 Å². The highest BCUT2D eigenvalue weighted by atomic mass is 35.5. The fraction of sp³-hybridized carbons (Fsp3) is 0.444. The molecule has 1 aromatic carbocycles. The minimum absolute atomic E-state index is 0.0484. The zero-order chi connectivity index (χ0) is 18.0. The molecule has 0 aliphatic carbocycles. The Labute approximate surface area is 152 Å². The molecule has 2 aromatic rings. The molecule has 0 saturated carbocycles. The van der Waals surface area contributed by atoms with E-state index in [-0.39, 0.29) is 12.3 Å². The standard InChI is InChI=1S/C18H23ClN4O2/c1-21(2)18(25)10-17(24)16-9-14-12-22(7-8-23(14)20-16)11-13-5-3-4-6-15(13)19/h3-6,9,17,24H,7-8,10-12H2,1-2H3/t17-/m1/s1. The van der Waals surface area contributed by atoms with E-state index < -0.39 is 6.10 Å². The molecule has 6 nitrogen and oxygen atoms in total. The summed E-state index contributed by atoms with van der Waals surface area (Å²) in [4.78, 5) is 15.5. The van der Waals surface area contributed by atoms with Crippen molar-refractivity contribution in [3.63, 3.8) is 0 Å². The number of aliphatic hydroxyl groups excluding tert-OH is 1. The second-order valence-electron chi connectivity index (χ2n) is 6.59. The number of benzene rings is 1. The summed E-state index contributed by atoms with van der Waals surface area (Å²) in [6, 6.07) is 9.76. The van der Waals surface area contributed by atoms with Crippen LogP contribution in [0.1, 0.15) is 29.5 Å². The molecular weight excluding hydrogens is 340 g/mol. The number of fused-ring (bicyclic) bond motifs is 1. The Morgan fingerprint density at radius 3 is 2.84 bits per heavy atom. The van der Waals surface area contributed by atoms with Crippen LogP contribution in [0.2, 0.25) is 5.02 Å². The molecule has 1 atom stereocenters. The lowest BCUT2D eigenvalue weighted by atomic mass is 10.1. The first-order valence-electron chi connectivity index (χ1n) is 8.34. The van der Waals surface area contributed by atoms with Gasteiger partial charge in [0.05, 0.1) is 24.4 Å². The van der Waals surface area contributed by atoms with Crippen molar-refractivity contribution in [3.05, 3.63) is 52.3 Å². The van der Waals surface area contributed by atoms with Crippen molar-refractivity contribution in [2.45, 2.75) is 32.2 Å². The lowest BCUT2D eigenvalue weighted by Gasteiger charge is -2.27. The number of nitrogens with zero attached hydrogens (tertiary/aromatic N) is 4. The summed E-state index contributed by atoms with van der Waals surface area (Å²) in [5, 5.41) is 15.5. The third-order valence-corrected chi connectivity index (χ3v) is 4.82. The summed E-state index contributed by atoms with van der Waals surface area (Å²) < 4.78 is 1.92. The number of hydrogen-bond acceptors (Lipinski definition) is 4. The van der Waals surface area contributed by atoms with Crippen LogP contribution < -0.4 is 0 Å². The molecule has 1 aliphatic rings. The van der Waals surface area contributed by atoms with Gasteiger partial charge in [-0.2, -0.15) is 5.10 Å². The van der Waals surface area contributed by atoms with E-state index >= 15 is 0 Å². The topological polar surface area (TPSA) is 61.6 Å². The van der Waals surface area contributed by atoms with Crippen molar-refractivity contribution < 1.29 is 9.90 Å². The maximum Gasteiger partial charge on any atom is 0.225 e. The van der Waals surface area contributed by atoms with Gasteiger partial charge in [-0.15, -0.1) is 0 Å². The fourth-order valence-electron chi connectivity index (χ4n) is 2.96. The highest BCUT2D eigenvalue weighted by molar-refractivity contribution is 6.31. The molecule has 3 rings (SSSR count). The van der Waals surface area contributed by atoms with E-state index in [0.29, 0.717) is 5.69 Å². The number of amides is 1. The van der Waals surface area contributed by atoms with Gasteiger partial charge in [-0.05, 0) is 17.7 Å². The molecule has 0 fully saturated rings. The van der Waals surface area contributed by atoms with Crippen molar-refractivity contribution >= 4 is 17.5 Å².